The van der Waals surface area contributed by atoms with Gasteiger partial charge in [-0.05, 0) is 6.07 Å². The first kappa shape index (κ1) is 13.2. The first-order chi connectivity index (χ1) is 8.00. The second kappa shape index (κ2) is 6.00. The Balaban J connectivity index is 2.52. The molecule has 0 aliphatic rings. The molecule has 0 atom stereocenters. The van der Waals surface area contributed by atoms with Crippen LogP contribution in [-0.2, 0) is 4.74 Å². The van der Waals surface area contributed by atoms with Gasteiger partial charge >= 0.3 is 6.09 Å². The van der Waals surface area contributed by atoms with Crippen molar-refractivity contribution in [3.8, 4) is 0 Å². The predicted molar refractivity (Wildman–Crippen MR) is 57.1 cm³/mol. The van der Waals surface area contributed by atoms with Crippen LogP contribution in [0.3, 0.4) is 0 Å². The molecule has 0 aliphatic carbocycles. The summed E-state index contributed by atoms with van der Waals surface area (Å²) in [5, 5.41) is 2.25. The van der Waals surface area contributed by atoms with Crippen LogP contribution in [0.15, 0.2) is 12.3 Å². The number of carbonyl (C=O) groups is 2. The van der Waals surface area contributed by atoms with Gasteiger partial charge < -0.3 is 15.8 Å². The van der Waals surface area contributed by atoms with Crippen LogP contribution in [-0.4, -0.2) is 30.1 Å². The van der Waals surface area contributed by atoms with Crippen molar-refractivity contribution in [2.45, 2.75) is 0 Å². The topological polar surface area (TPSA) is 94.3 Å². The van der Waals surface area contributed by atoms with Crippen molar-refractivity contribution < 1.29 is 18.7 Å². The van der Waals surface area contributed by atoms with Gasteiger partial charge in [0.1, 0.15) is 17.6 Å². The van der Waals surface area contributed by atoms with E-state index in [9.17, 15) is 14.0 Å². The SMILES string of the molecule is NC(=O)OCCNC(=O)c1cc(F)cnc1Cl. The summed E-state index contributed by atoms with van der Waals surface area (Å²) < 4.78 is 17.2. The number of halogens is 2. The van der Waals surface area contributed by atoms with Gasteiger partial charge in [0.2, 0.25) is 0 Å². The fraction of sp³-hybridized carbons (Fsp3) is 0.222. The molecule has 0 saturated carbocycles. The van der Waals surface area contributed by atoms with E-state index in [-0.39, 0.29) is 23.9 Å². The summed E-state index contributed by atoms with van der Waals surface area (Å²) in [7, 11) is 0. The average Bonchev–Trinajstić information content (AvgIpc) is 2.27. The zero-order valence-electron chi connectivity index (χ0n) is 8.57. The normalized spacial score (nSPS) is 9.76. The zero-order valence-corrected chi connectivity index (χ0v) is 9.33. The summed E-state index contributed by atoms with van der Waals surface area (Å²) in [5.41, 5.74) is 4.62. The van der Waals surface area contributed by atoms with E-state index in [0.717, 1.165) is 12.3 Å². The van der Waals surface area contributed by atoms with E-state index in [2.05, 4.69) is 15.0 Å². The van der Waals surface area contributed by atoms with E-state index in [0.29, 0.717) is 0 Å². The highest BCUT2D eigenvalue weighted by Gasteiger charge is 2.12. The van der Waals surface area contributed by atoms with Gasteiger partial charge in [0.15, 0.2) is 0 Å². The molecule has 1 rings (SSSR count). The Morgan fingerprint density at radius 1 is 1.59 bits per heavy atom. The van der Waals surface area contributed by atoms with Crippen molar-refractivity contribution in [3.05, 3.63) is 28.8 Å². The number of carbonyl (C=O) groups excluding carboxylic acids is 2. The number of nitrogens with one attached hydrogen (secondary N) is 1. The fourth-order valence-electron chi connectivity index (χ4n) is 0.993. The monoisotopic (exact) mass is 261 g/mol. The van der Waals surface area contributed by atoms with Gasteiger partial charge in [0, 0.05) is 0 Å². The van der Waals surface area contributed by atoms with Crippen LogP contribution in [0.1, 0.15) is 10.4 Å². The minimum Gasteiger partial charge on any atom is -0.448 e. The van der Waals surface area contributed by atoms with Crippen molar-refractivity contribution in [1.82, 2.24) is 10.3 Å². The third-order valence-corrected chi connectivity index (χ3v) is 1.98. The molecule has 8 heteroatoms. The summed E-state index contributed by atoms with van der Waals surface area (Å²) in [6.45, 7) is -0.0456. The van der Waals surface area contributed by atoms with Crippen molar-refractivity contribution in [2.24, 2.45) is 5.73 Å². The van der Waals surface area contributed by atoms with E-state index in [1.807, 2.05) is 0 Å². The van der Waals surface area contributed by atoms with E-state index in [1.165, 1.54) is 0 Å². The quantitative estimate of drug-likeness (QED) is 0.616. The maximum absolute atomic E-state index is 12.8. The number of aromatic nitrogens is 1. The Kier molecular flexibility index (Phi) is 4.65. The van der Waals surface area contributed by atoms with Gasteiger partial charge in [-0.2, -0.15) is 0 Å². The van der Waals surface area contributed by atoms with Crippen molar-refractivity contribution >= 4 is 23.6 Å². The van der Waals surface area contributed by atoms with Crippen LogP contribution in [0, 0.1) is 5.82 Å². The molecule has 17 heavy (non-hydrogen) atoms. The lowest BCUT2D eigenvalue weighted by atomic mass is 10.2. The van der Waals surface area contributed by atoms with Crippen molar-refractivity contribution in [2.75, 3.05) is 13.2 Å². The smallest absolute Gasteiger partial charge is 0.404 e. The molecule has 6 nitrogen and oxygen atoms in total. The molecule has 1 aromatic rings. The van der Waals surface area contributed by atoms with Gasteiger partial charge in [0.25, 0.3) is 5.91 Å². The third kappa shape index (κ3) is 4.23. The summed E-state index contributed by atoms with van der Waals surface area (Å²) >= 11 is 5.61. The zero-order chi connectivity index (χ0) is 12.8. The molecule has 0 unspecified atom stereocenters. The lowest BCUT2D eigenvalue weighted by Crippen LogP contribution is -2.29. The molecule has 0 spiro atoms. The Morgan fingerprint density at radius 2 is 2.29 bits per heavy atom. The fourth-order valence-corrected chi connectivity index (χ4v) is 1.18. The molecule has 1 heterocycles. The maximum Gasteiger partial charge on any atom is 0.404 e. The summed E-state index contributed by atoms with van der Waals surface area (Å²) in [5.74, 6) is -1.29. The molecule has 1 aromatic heterocycles. The standard InChI is InChI=1S/C9H9ClFN3O3/c10-7-6(3-5(11)4-14-7)8(15)13-1-2-17-9(12)16/h3-4H,1-2H2,(H2,12,16)(H,13,15). The molecule has 92 valence electrons. The molecule has 3 N–H and O–H groups in total. The largest absolute Gasteiger partial charge is 0.448 e. The molecular formula is C9H9ClFN3O3. The number of nitrogens with two attached hydrogens (primary N) is 1. The van der Waals surface area contributed by atoms with Gasteiger partial charge in [-0.15, -0.1) is 0 Å². The number of nitrogens with zero attached hydrogens (tertiary/aromatic N) is 1. The highest BCUT2D eigenvalue weighted by Crippen LogP contribution is 2.13. The number of hydrogen-bond donors (Lipinski definition) is 2. The van der Waals surface area contributed by atoms with Crippen LogP contribution in [0.25, 0.3) is 0 Å². The molecule has 0 radical (unpaired) electrons. The lowest BCUT2D eigenvalue weighted by Gasteiger charge is -2.06. The summed E-state index contributed by atoms with van der Waals surface area (Å²) in [6, 6.07) is 0.958. The van der Waals surface area contributed by atoms with Gasteiger partial charge in [-0.3, -0.25) is 4.79 Å². The molecule has 0 aromatic carbocycles. The number of hydrogen-bond acceptors (Lipinski definition) is 4. The first-order valence-corrected chi connectivity index (χ1v) is 4.90. The average molecular weight is 262 g/mol. The van der Waals surface area contributed by atoms with Crippen LogP contribution < -0.4 is 11.1 Å². The molecule has 0 aliphatic heterocycles. The minimum atomic E-state index is -0.940. The first-order valence-electron chi connectivity index (χ1n) is 4.52. The number of pyridine rings is 1. The highest BCUT2D eigenvalue weighted by molar-refractivity contribution is 6.32. The van der Waals surface area contributed by atoms with Gasteiger partial charge in [-0.25, -0.2) is 14.2 Å². The molecular weight excluding hydrogens is 253 g/mol. The van der Waals surface area contributed by atoms with Crippen LogP contribution in [0.4, 0.5) is 9.18 Å². The Hall–Kier alpha value is -1.89. The Bertz CT molecular complexity index is 441. The summed E-state index contributed by atoms with van der Waals surface area (Å²) in [4.78, 5) is 25.2. The van der Waals surface area contributed by atoms with Crippen LogP contribution >= 0.6 is 11.6 Å². The van der Waals surface area contributed by atoms with E-state index in [1.54, 1.807) is 0 Å². The van der Waals surface area contributed by atoms with Crippen molar-refractivity contribution in [3.63, 3.8) is 0 Å². The maximum atomic E-state index is 12.8. The summed E-state index contributed by atoms with van der Waals surface area (Å²) in [6.07, 6.45) is -0.0420. The molecule has 0 fully saturated rings. The number of rotatable bonds is 4. The molecule has 2 amide bonds. The van der Waals surface area contributed by atoms with Gasteiger partial charge in [0.05, 0.1) is 18.3 Å². The minimum absolute atomic E-state index is 0.0363. The lowest BCUT2D eigenvalue weighted by molar-refractivity contribution is 0.0936. The predicted octanol–water partition coefficient (Wildman–Crippen LogP) is 0.699. The second-order valence-electron chi connectivity index (χ2n) is 2.92. The van der Waals surface area contributed by atoms with Gasteiger partial charge in [-0.1, -0.05) is 11.6 Å². The number of primary amides is 1. The molecule has 0 saturated heterocycles. The third-order valence-electron chi connectivity index (χ3n) is 1.68. The van der Waals surface area contributed by atoms with Crippen LogP contribution in [0.5, 0.6) is 0 Å². The Labute approximate surface area is 101 Å². The Morgan fingerprint density at radius 3 is 2.94 bits per heavy atom. The van der Waals surface area contributed by atoms with Crippen molar-refractivity contribution in [1.29, 1.82) is 0 Å². The highest BCUT2D eigenvalue weighted by atomic mass is 35.5. The molecule has 0 bridgehead atoms. The van der Waals surface area contributed by atoms with E-state index < -0.39 is 17.8 Å². The second-order valence-corrected chi connectivity index (χ2v) is 3.27. The van der Waals surface area contributed by atoms with E-state index in [4.69, 9.17) is 17.3 Å². The number of amides is 2. The number of ether oxygens (including phenoxy) is 1. The van der Waals surface area contributed by atoms with Crippen LogP contribution in [0.2, 0.25) is 5.15 Å². The van der Waals surface area contributed by atoms with E-state index >= 15 is 0 Å².